The largest absolute Gasteiger partial charge is 2.00 e. The van der Waals surface area contributed by atoms with E-state index in [-0.39, 0.29) is 47.5 Å². The molecule has 0 unspecified atom stereocenters. The van der Waals surface area contributed by atoms with Crippen molar-refractivity contribution in [3.8, 4) is 0 Å². The van der Waals surface area contributed by atoms with Crippen LogP contribution in [0.5, 0.6) is 0 Å². The van der Waals surface area contributed by atoms with Gasteiger partial charge < -0.3 is 53.5 Å². The maximum Gasteiger partial charge on any atom is 2.00 e. The molecule has 1 aromatic rings. The molecule has 1 rings (SSSR count). The molecule has 0 aliphatic carbocycles. The minimum Gasteiger partial charge on any atom is -0.719 e. The summed E-state index contributed by atoms with van der Waals surface area (Å²) in [6.45, 7) is 0. The van der Waals surface area contributed by atoms with E-state index < -0.39 is 5.24 Å². The zero-order chi connectivity index (χ0) is 7.40. The molecule has 99 valence electrons. The summed E-state index contributed by atoms with van der Waals surface area (Å²) in [5.41, 5.74) is 0.738. The second kappa shape index (κ2) is 19.7. The maximum atomic E-state index is 10.3. The monoisotopic (exact) mass is 291 g/mol. The molecule has 0 bridgehead atoms. The number of carbonyl (C=O) groups excluding carboxylic acids is 1. The number of carbonyl (C=O) groups is 1. The number of hydrogen-bond acceptors (Lipinski definition) is 2. The number of hydrogen-bond donors (Lipinski definition) is 1. The fourth-order valence-corrected chi connectivity index (χ4v) is 0.757. The first-order valence-electron chi connectivity index (χ1n) is 2.82. The Bertz CT molecular complexity index is 238. The van der Waals surface area contributed by atoms with Gasteiger partial charge in [0, 0.05) is 5.69 Å². The van der Waals surface area contributed by atoms with Gasteiger partial charge in [-0.25, -0.2) is 0 Å². The van der Waals surface area contributed by atoms with Crippen molar-refractivity contribution < 1.29 is 21.6 Å². The molecule has 0 heterocycles. The minimum atomic E-state index is -0.453. The Balaban J connectivity index is -0.0000000417. The smallest absolute Gasteiger partial charge is 0.719 e. The molecule has 0 aliphatic heterocycles. The second-order valence-electron chi connectivity index (χ2n) is 1.78. The topological polar surface area (TPSA) is 197 Å². The third kappa shape index (κ3) is 15.7. The normalized spacial score (nSPS) is 5.50. The van der Waals surface area contributed by atoms with Crippen LogP contribution in [0, 0.1) is 0 Å². The van der Waals surface area contributed by atoms with E-state index in [0.29, 0.717) is 0 Å². The van der Waals surface area contributed by atoms with Crippen molar-refractivity contribution in [1.82, 2.24) is 0 Å². The van der Waals surface area contributed by atoms with Gasteiger partial charge in [0.05, 0.1) is 0 Å². The Hall–Kier alpha value is -0.784. The van der Waals surface area contributed by atoms with E-state index in [0.717, 1.165) is 5.69 Å². The third-order valence-corrected chi connectivity index (χ3v) is 1.12. The molecule has 0 aliphatic rings. The molecule has 9 heteroatoms. The van der Waals surface area contributed by atoms with Gasteiger partial charge in [0.1, 0.15) is 5.24 Å². The number of para-hydroxylation sites is 1. The van der Waals surface area contributed by atoms with E-state index in [1.54, 1.807) is 12.1 Å². The number of amides is 1. The number of nitrogens with two attached hydrogens (primary N) is 5. The molecule has 1 amide bonds. The Morgan fingerprint density at radius 2 is 1.31 bits per heavy atom. The van der Waals surface area contributed by atoms with Crippen LogP contribution in [0.4, 0.5) is 10.5 Å². The first kappa shape index (κ1) is 36.2. The van der Waals surface area contributed by atoms with Crippen LogP contribution in [-0.4, -0.2) is 5.24 Å². The molecule has 0 aromatic heterocycles. The molecule has 1 radical (unpaired) electrons. The molecule has 0 atom stereocenters. The van der Waals surface area contributed by atoms with E-state index >= 15 is 0 Å². The van der Waals surface area contributed by atoms with Gasteiger partial charge >= 0.3 is 16.8 Å². The van der Waals surface area contributed by atoms with Crippen LogP contribution in [-0.2, 0) is 29.4 Å². The zero-order valence-electron chi connectivity index (χ0n) is 8.42. The molecule has 0 spiro atoms. The van der Waals surface area contributed by atoms with Crippen LogP contribution >= 0.6 is 0 Å². The first-order chi connectivity index (χ1) is 4.79. The van der Waals surface area contributed by atoms with Crippen LogP contribution in [0.25, 0.3) is 30.8 Å². The average Bonchev–Trinajstić information content (AvgIpc) is 1.88. The Labute approximate surface area is 112 Å². The summed E-state index contributed by atoms with van der Waals surface area (Å²) in [5, 5.41) is 2.03. The van der Waals surface area contributed by atoms with Gasteiger partial charge in [0.15, 0.2) is 0 Å². The fraction of sp³-hybridized carbons (Fsp3) is 0. The van der Waals surface area contributed by atoms with Crippen molar-refractivity contribution in [3.63, 3.8) is 0 Å². The summed E-state index contributed by atoms with van der Waals surface area (Å²) in [5.74, 6) is 0. The Morgan fingerprint density at radius 3 is 1.62 bits per heavy atom. The predicted octanol–water partition coefficient (Wildman–Crippen LogP) is 5.35. The molecule has 11 N–H and O–H groups in total. The van der Waals surface area contributed by atoms with Crippen molar-refractivity contribution in [2.45, 2.75) is 0 Å². The van der Waals surface area contributed by atoms with E-state index in [1.807, 2.05) is 18.2 Å². The molecule has 0 fully saturated rings. The summed E-state index contributed by atoms with van der Waals surface area (Å²) in [6.07, 6.45) is 0. The summed E-state index contributed by atoms with van der Waals surface area (Å²) in [7, 11) is 0. The van der Waals surface area contributed by atoms with Crippen LogP contribution < -0.4 is 5.32 Å². The van der Waals surface area contributed by atoms with Gasteiger partial charge in [-0.2, -0.15) is 0 Å². The van der Waals surface area contributed by atoms with Crippen molar-refractivity contribution in [1.29, 1.82) is 0 Å². The molecule has 16 heavy (non-hydrogen) atoms. The summed E-state index contributed by atoms with van der Waals surface area (Å²) < 4.78 is 0. The van der Waals surface area contributed by atoms with Gasteiger partial charge in [-0.05, 0) is 12.1 Å². The summed E-state index contributed by atoms with van der Waals surface area (Å²) in [6, 6.07) is 9.11. The van der Waals surface area contributed by atoms with Crippen LogP contribution in [0.15, 0.2) is 30.3 Å². The molecule has 1 aromatic carbocycles. The standard InChI is InChI=1S/C7H7NOS.Co.5H2N/c9-7(10)8-6-4-2-1-3-5-6;;;;;;/h1-5H,(H2,8,9,10);;5*1H2/q;+2;5*-1/p-1. The van der Waals surface area contributed by atoms with Gasteiger partial charge in [0.2, 0.25) is 0 Å². The Kier molecular flexibility index (Phi) is 44.7. The minimum absolute atomic E-state index is 0. The molecule has 0 saturated carbocycles. The van der Waals surface area contributed by atoms with E-state index in [2.05, 4.69) is 17.9 Å². The first-order valence-corrected chi connectivity index (χ1v) is 3.23. The van der Waals surface area contributed by atoms with E-state index in [9.17, 15) is 4.79 Å². The van der Waals surface area contributed by atoms with Crippen molar-refractivity contribution >= 4 is 23.6 Å². The fourth-order valence-electron chi connectivity index (χ4n) is 0.639. The van der Waals surface area contributed by atoms with E-state index in [4.69, 9.17) is 0 Å². The maximum absolute atomic E-state index is 10.3. The van der Waals surface area contributed by atoms with Crippen molar-refractivity contribution in [3.05, 3.63) is 61.1 Å². The van der Waals surface area contributed by atoms with Crippen LogP contribution in [0.3, 0.4) is 0 Å². The van der Waals surface area contributed by atoms with Crippen molar-refractivity contribution in [2.24, 2.45) is 0 Å². The van der Waals surface area contributed by atoms with Crippen LogP contribution in [0.2, 0.25) is 0 Å². The number of rotatable bonds is 1. The van der Waals surface area contributed by atoms with Crippen LogP contribution in [0.1, 0.15) is 0 Å². The number of benzene rings is 1. The molecular formula is C7H16CoN6OS-4. The zero-order valence-corrected chi connectivity index (χ0v) is 10.3. The van der Waals surface area contributed by atoms with E-state index in [1.165, 1.54) is 0 Å². The number of nitrogens with one attached hydrogen (secondary N) is 1. The quantitative estimate of drug-likeness (QED) is 0.680. The molecule has 0 saturated heterocycles. The summed E-state index contributed by atoms with van der Waals surface area (Å²) >= 11 is 4.31. The second-order valence-corrected chi connectivity index (χ2v) is 2.15. The Morgan fingerprint density at radius 1 is 0.938 bits per heavy atom. The SMILES string of the molecule is O=C([S-])Nc1ccccc1.[Co+2].[NH2-].[NH2-].[NH2-].[NH2-].[NH2-]. The summed E-state index contributed by atoms with van der Waals surface area (Å²) in [4.78, 5) is 10.3. The van der Waals surface area contributed by atoms with Gasteiger partial charge in [0.25, 0.3) is 0 Å². The number of anilines is 1. The van der Waals surface area contributed by atoms with Gasteiger partial charge in [-0.15, -0.1) is 0 Å². The average molecular weight is 291 g/mol. The van der Waals surface area contributed by atoms with Crippen molar-refractivity contribution in [2.75, 3.05) is 5.32 Å². The third-order valence-electron chi connectivity index (χ3n) is 1.02. The molecular weight excluding hydrogens is 275 g/mol. The van der Waals surface area contributed by atoms with Gasteiger partial charge in [-0.3, -0.25) is 0 Å². The van der Waals surface area contributed by atoms with Gasteiger partial charge in [-0.1, -0.05) is 18.2 Å². The molecule has 7 nitrogen and oxygen atoms in total. The predicted molar refractivity (Wildman–Crippen MR) is 69.2 cm³/mol.